The molecule has 0 aliphatic heterocycles. The summed E-state index contributed by atoms with van der Waals surface area (Å²) in [5.41, 5.74) is 0.368. The quantitative estimate of drug-likeness (QED) is 0.627. The van der Waals surface area contributed by atoms with Crippen molar-refractivity contribution in [1.82, 2.24) is 9.97 Å². The van der Waals surface area contributed by atoms with E-state index in [1.807, 2.05) is 0 Å². The Balaban J connectivity index is 2.91. The SMILES string of the molecule is O=Nc1[nH]c(O)c2ncccc12. The van der Waals surface area contributed by atoms with Gasteiger partial charge in [0.25, 0.3) is 0 Å². The number of aromatic nitrogens is 2. The van der Waals surface area contributed by atoms with Gasteiger partial charge in [0.15, 0.2) is 5.82 Å². The molecule has 0 atom stereocenters. The van der Waals surface area contributed by atoms with E-state index >= 15 is 0 Å². The van der Waals surface area contributed by atoms with Gasteiger partial charge in [0.2, 0.25) is 5.88 Å². The average Bonchev–Trinajstić information content (AvgIpc) is 2.44. The number of hydrogen-bond donors (Lipinski definition) is 2. The van der Waals surface area contributed by atoms with Crippen molar-refractivity contribution < 1.29 is 5.11 Å². The van der Waals surface area contributed by atoms with Gasteiger partial charge < -0.3 is 10.1 Å². The molecule has 0 aliphatic rings. The number of aromatic hydroxyl groups is 1. The number of nitrogens with zero attached hydrogens (tertiary/aromatic N) is 2. The molecular formula is C7H5N3O2. The highest BCUT2D eigenvalue weighted by atomic mass is 16.3. The summed E-state index contributed by atoms with van der Waals surface area (Å²) in [5.74, 6) is -0.0178. The first kappa shape index (κ1) is 6.78. The molecule has 0 bridgehead atoms. The summed E-state index contributed by atoms with van der Waals surface area (Å²) >= 11 is 0. The second kappa shape index (κ2) is 2.30. The lowest BCUT2D eigenvalue weighted by Crippen LogP contribution is -1.69. The van der Waals surface area contributed by atoms with Crippen LogP contribution in [0.15, 0.2) is 23.5 Å². The Morgan fingerprint density at radius 3 is 3.17 bits per heavy atom. The molecule has 12 heavy (non-hydrogen) atoms. The molecule has 2 aromatic rings. The van der Waals surface area contributed by atoms with E-state index < -0.39 is 0 Å². The highest BCUT2D eigenvalue weighted by Crippen LogP contribution is 2.30. The number of aromatic amines is 1. The van der Waals surface area contributed by atoms with Gasteiger partial charge in [-0.25, -0.2) is 0 Å². The fraction of sp³-hybridized carbons (Fsp3) is 0. The van der Waals surface area contributed by atoms with Crippen LogP contribution in [0.2, 0.25) is 0 Å². The molecule has 5 nitrogen and oxygen atoms in total. The zero-order chi connectivity index (χ0) is 8.55. The van der Waals surface area contributed by atoms with Gasteiger partial charge >= 0.3 is 0 Å². The average molecular weight is 163 g/mol. The van der Waals surface area contributed by atoms with E-state index in [2.05, 4.69) is 15.1 Å². The zero-order valence-electron chi connectivity index (χ0n) is 5.98. The molecule has 2 heterocycles. The maximum Gasteiger partial charge on any atom is 0.217 e. The predicted octanol–water partition coefficient (Wildman–Crippen LogP) is 1.67. The largest absolute Gasteiger partial charge is 0.493 e. The lowest BCUT2D eigenvalue weighted by atomic mass is 10.3. The van der Waals surface area contributed by atoms with Crippen molar-refractivity contribution in [2.75, 3.05) is 0 Å². The number of H-pyrrole nitrogens is 1. The van der Waals surface area contributed by atoms with Crippen LogP contribution in [-0.2, 0) is 0 Å². The van der Waals surface area contributed by atoms with Crippen LogP contribution >= 0.6 is 0 Å². The van der Waals surface area contributed by atoms with Gasteiger partial charge in [-0.2, -0.15) is 0 Å². The Hall–Kier alpha value is -1.91. The Kier molecular flexibility index (Phi) is 1.30. The van der Waals surface area contributed by atoms with E-state index in [0.29, 0.717) is 10.9 Å². The van der Waals surface area contributed by atoms with Crippen molar-refractivity contribution in [2.45, 2.75) is 0 Å². The van der Waals surface area contributed by atoms with Crippen LogP contribution in [0.25, 0.3) is 10.9 Å². The lowest BCUT2D eigenvalue weighted by molar-refractivity contribution is 0.462. The molecule has 0 aliphatic carbocycles. The minimum absolute atomic E-state index is 0.107. The maximum atomic E-state index is 10.2. The molecule has 5 heteroatoms. The van der Waals surface area contributed by atoms with E-state index in [-0.39, 0.29) is 11.7 Å². The van der Waals surface area contributed by atoms with E-state index in [1.165, 1.54) is 6.20 Å². The Bertz CT molecular complexity index is 435. The summed E-state index contributed by atoms with van der Waals surface area (Å²) < 4.78 is 0. The summed E-state index contributed by atoms with van der Waals surface area (Å²) in [7, 11) is 0. The van der Waals surface area contributed by atoms with Crippen LogP contribution in [0.1, 0.15) is 0 Å². The minimum Gasteiger partial charge on any atom is -0.493 e. The molecule has 0 fully saturated rings. The summed E-state index contributed by atoms with van der Waals surface area (Å²) in [6.45, 7) is 0. The molecule has 0 unspecified atom stereocenters. The summed E-state index contributed by atoms with van der Waals surface area (Å²) in [6, 6.07) is 3.33. The van der Waals surface area contributed by atoms with Gasteiger partial charge in [-0.05, 0) is 17.3 Å². The third-order valence-corrected chi connectivity index (χ3v) is 1.62. The number of pyridine rings is 1. The Morgan fingerprint density at radius 1 is 1.58 bits per heavy atom. The number of fused-ring (bicyclic) bond motifs is 1. The fourth-order valence-corrected chi connectivity index (χ4v) is 1.10. The van der Waals surface area contributed by atoms with E-state index in [0.717, 1.165) is 0 Å². The standard InChI is InChI=1S/C7H5N3O2/c11-7-5-4(2-1-3-8-5)6(9-7)10-12/h1-3,9,11H. The Labute approximate surface area is 67.0 Å². The molecule has 0 spiro atoms. The number of nitrogens with one attached hydrogen (secondary N) is 1. The molecule has 2 rings (SSSR count). The summed E-state index contributed by atoms with van der Waals surface area (Å²) in [6.07, 6.45) is 1.53. The van der Waals surface area contributed by atoms with Crippen molar-refractivity contribution >= 4 is 16.7 Å². The van der Waals surface area contributed by atoms with Crippen molar-refractivity contribution in [3.63, 3.8) is 0 Å². The molecule has 2 N–H and O–H groups in total. The van der Waals surface area contributed by atoms with Crippen molar-refractivity contribution in [3.05, 3.63) is 23.2 Å². The smallest absolute Gasteiger partial charge is 0.217 e. The molecule has 0 amide bonds. The van der Waals surface area contributed by atoms with Crippen LogP contribution in [0.4, 0.5) is 5.82 Å². The number of rotatable bonds is 1. The molecular weight excluding hydrogens is 158 g/mol. The monoisotopic (exact) mass is 163 g/mol. The van der Waals surface area contributed by atoms with Gasteiger partial charge in [0, 0.05) is 6.20 Å². The number of nitroso groups, excluding NO2 is 1. The third-order valence-electron chi connectivity index (χ3n) is 1.62. The van der Waals surface area contributed by atoms with Gasteiger partial charge in [0.1, 0.15) is 5.52 Å². The van der Waals surface area contributed by atoms with Crippen LogP contribution in [0.3, 0.4) is 0 Å². The second-order valence-electron chi connectivity index (χ2n) is 2.31. The molecule has 60 valence electrons. The van der Waals surface area contributed by atoms with Crippen LogP contribution in [-0.4, -0.2) is 15.1 Å². The first-order valence-electron chi connectivity index (χ1n) is 3.32. The highest BCUT2D eigenvalue weighted by molar-refractivity contribution is 5.92. The van der Waals surface area contributed by atoms with Crippen LogP contribution < -0.4 is 0 Å². The minimum atomic E-state index is -0.125. The molecule has 0 saturated carbocycles. The topological polar surface area (TPSA) is 78.3 Å². The van der Waals surface area contributed by atoms with Crippen molar-refractivity contribution in [3.8, 4) is 5.88 Å². The lowest BCUT2D eigenvalue weighted by Gasteiger charge is -1.85. The van der Waals surface area contributed by atoms with Crippen LogP contribution in [0.5, 0.6) is 5.88 Å². The van der Waals surface area contributed by atoms with E-state index in [4.69, 9.17) is 0 Å². The van der Waals surface area contributed by atoms with Crippen molar-refractivity contribution in [2.24, 2.45) is 5.18 Å². The van der Waals surface area contributed by atoms with Crippen LogP contribution in [0, 0.1) is 4.91 Å². The Morgan fingerprint density at radius 2 is 2.42 bits per heavy atom. The van der Waals surface area contributed by atoms with Gasteiger partial charge in [-0.1, -0.05) is 0 Å². The summed E-state index contributed by atoms with van der Waals surface area (Å²) in [4.78, 5) is 16.5. The normalized spacial score (nSPS) is 10.3. The summed E-state index contributed by atoms with van der Waals surface area (Å²) in [5, 5.41) is 12.5. The molecule has 0 saturated heterocycles. The first-order valence-corrected chi connectivity index (χ1v) is 3.32. The van der Waals surface area contributed by atoms with Gasteiger partial charge in [-0.15, -0.1) is 4.91 Å². The molecule has 2 aromatic heterocycles. The highest BCUT2D eigenvalue weighted by Gasteiger charge is 2.09. The van der Waals surface area contributed by atoms with E-state index in [1.54, 1.807) is 12.1 Å². The second-order valence-corrected chi connectivity index (χ2v) is 2.31. The zero-order valence-corrected chi connectivity index (χ0v) is 5.98. The molecule has 0 aromatic carbocycles. The first-order chi connectivity index (χ1) is 5.83. The number of hydrogen-bond acceptors (Lipinski definition) is 4. The predicted molar refractivity (Wildman–Crippen MR) is 43.2 cm³/mol. The van der Waals surface area contributed by atoms with Crippen molar-refractivity contribution in [1.29, 1.82) is 0 Å². The van der Waals surface area contributed by atoms with Gasteiger partial charge in [-0.3, -0.25) is 4.98 Å². The van der Waals surface area contributed by atoms with E-state index in [9.17, 15) is 10.0 Å². The fourth-order valence-electron chi connectivity index (χ4n) is 1.10. The maximum absolute atomic E-state index is 10.2. The molecule has 0 radical (unpaired) electrons. The van der Waals surface area contributed by atoms with Gasteiger partial charge in [0.05, 0.1) is 5.39 Å². The third kappa shape index (κ3) is 0.763.